The first kappa shape index (κ1) is 9.04. The fourth-order valence-electron chi connectivity index (χ4n) is 3.30. The molecule has 2 saturated carbocycles. The van der Waals surface area contributed by atoms with E-state index in [0.29, 0.717) is 0 Å². The van der Waals surface area contributed by atoms with Crippen LogP contribution >= 0.6 is 0 Å². The maximum Gasteiger partial charge on any atom is 0.303 e. The summed E-state index contributed by atoms with van der Waals surface area (Å²) in [4.78, 5) is 11.0. The zero-order valence-corrected chi connectivity index (χ0v) is 8.72. The lowest BCUT2D eigenvalue weighted by atomic mass is 9.74. The molecule has 2 bridgehead atoms. The van der Waals surface area contributed by atoms with Gasteiger partial charge in [0.1, 0.15) is 5.60 Å². The Morgan fingerprint density at radius 2 is 2.08 bits per heavy atom. The van der Waals surface area contributed by atoms with Crippen molar-refractivity contribution in [1.82, 2.24) is 0 Å². The molecule has 13 heavy (non-hydrogen) atoms. The first-order chi connectivity index (χ1) is 5.95. The second-order valence-electron chi connectivity index (χ2n) is 5.20. The first-order valence-corrected chi connectivity index (χ1v) is 5.15. The third-order valence-electron chi connectivity index (χ3n) is 4.17. The van der Waals surface area contributed by atoms with E-state index >= 15 is 0 Å². The summed E-state index contributed by atoms with van der Waals surface area (Å²) in [7, 11) is 0. The van der Waals surface area contributed by atoms with E-state index in [1.165, 1.54) is 26.2 Å². The lowest BCUT2D eigenvalue weighted by molar-refractivity contribution is -0.168. The number of carbonyl (C=O) groups is 1. The number of rotatable bonds is 1. The van der Waals surface area contributed by atoms with E-state index in [4.69, 9.17) is 4.74 Å². The highest BCUT2D eigenvalue weighted by atomic mass is 16.6. The van der Waals surface area contributed by atoms with Crippen LogP contribution in [0, 0.1) is 11.3 Å². The van der Waals surface area contributed by atoms with Gasteiger partial charge in [0.15, 0.2) is 0 Å². The van der Waals surface area contributed by atoms with Crippen LogP contribution < -0.4 is 0 Å². The predicted octanol–water partition coefficient (Wildman–Crippen LogP) is 2.52. The summed E-state index contributed by atoms with van der Waals surface area (Å²) < 4.78 is 5.50. The largest absolute Gasteiger partial charge is 0.459 e. The fourth-order valence-corrected chi connectivity index (χ4v) is 3.30. The number of ether oxygens (including phenoxy) is 1. The van der Waals surface area contributed by atoms with Crippen molar-refractivity contribution in [2.24, 2.45) is 11.3 Å². The molecule has 74 valence electrons. The van der Waals surface area contributed by atoms with Gasteiger partial charge in [-0.15, -0.1) is 0 Å². The molecular formula is C11H18O2. The molecule has 0 spiro atoms. The van der Waals surface area contributed by atoms with Crippen molar-refractivity contribution in [2.45, 2.75) is 52.1 Å². The normalized spacial score (nSPS) is 48.1. The Morgan fingerprint density at radius 1 is 1.38 bits per heavy atom. The Balaban J connectivity index is 2.20. The standard InChI is InChI=1S/C11H18O2/c1-8(12)13-11(3)7-9-4-5-10(11,2)6-9/h9H,4-7H2,1-3H3/t9-,10+,11+/m1/s1. The van der Waals surface area contributed by atoms with E-state index in [0.717, 1.165) is 12.3 Å². The number of fused-ring (bicyclic) bond motifs is 2. The van der Waals surface area contributed by atoms with E-state index in [-0.39, 0.29) is 17.0 Å². The topological polar surface area (TPSA) is 26.3 Å². The second kappa shape index (κ2) is 2.49. The van der Waals surface area contributed by atoms with Gasteiger partial charge in [-0.3, -0.25) is 4.79 Å². The maximum atomic E-state index is 11.0. The van der Waals surface area contributed by atoms with Crippen LogP contribution in [-0.2, 0) is 9.53 Å². The lowest BCUT2D eigenvalue weighted by Crippen LogP contribution is -2.43. The van der Waals surface area contributed by atoms with Crippen molar-refractivity contribution in [3.05, 3.63) is 0 Å². The molecule has 0 radical (unpaired) electrons. The molecule has 0 aromatic rings. The Bertz CT molecular complexity index is 248. The average Bonchev–Trinajstić information content (AvgIpc) is 2.39. The first-order valence-electron chi connectivity index (χ1n) is 5.15. The van der Waals surface area contributed by atoms with Gasteiger partial charge in [-0.25, -0.2) is 0 Å². The molecule has 2 rings (SSSR count). The molecule has 0 aromatic heterocycles. The molecule has 2 aliphatic carbocycles. The zero-order valence-electron chi connectivity index (χ0n) is 8.72. The molecule has 2 heteroatoms. The molecule has 0 N–H and O–H groups in total. The second-order valence-corrected chi connectivity index (χ2v) is 5.20. The van der Waals surface area contributed by atoms with Gasteiger partial charge in [0.25, 0.3) is 0 Å². The van der Waals surface area contributed by atoms with Gasteiger partial charge < -0.3 is 4.74 Å². The minimum absolute atomic E-state index is 0.128. The van der Waals surface area contributed by atoms with E-state index in [1.807, 2.05) is 0 Å². The zero-order chi connectivity index (χ0) is 9.69. The van der Waals surface area contributed by atoms with Gasteiger partial charge in [-0.05, 0) is 38.5 Å². The van der Waals surface area contributed by atoms with Crippen LogP contribution in [0.4, 0.5) is 0 Å². The Hall–Kier alpha value is -0.530. The highest BCUT2D eigenvalue weighted by Gasteiger charge is 2.58. The fraction of sp³-hybridized carbons (Fsp3) is 0.909. The molecule has 3 atom stereocenters. The van der Waals surface area contributed by atoms with Crippen molar-refractivity contribution in [3.63, 3.8) is 0 Å². The molecule has 0 saturated heterocycles. The smallest absolute Gasteiger partial charge is 0.303 e. The summed E-state index contributed by atoms with van der Waals surface area (Å²) in [5.41, 5.74) is 0.0745. The van der Waals surface area contributed by atoms with E-state index < -0.39 is 0 Å². The highest BCUT2D eigenvalue weighted by molar-refractivity contribution is 5.66. The monoisotopic (exact) mass is 182 g/mol. The lowest BCUT2D eigenvalue weighted by Gasteiger charge is -2.41. The van der Waals surface area contributed by atoms with E-state index in [9.17, 15) is 4.79 Å². The molecule has 0 heterocycles. The van der Waals surface area contributed by atoms with Crippen LogP contribution in [0.1, 0.15) is 46.5 Å². The minimum Gasteiger partial charge on any atom is -0.459 e. The van der Waals surface area contributed by atoms with Crippen LogP contribution in [-0.4, -0.2) is 11.6 Å². The van der Waals surface area contributed by atoms with Gasteiger partial charge in [0.05, 0.1) is 0 Å². The summed E-state index contributed by atoms with van der Waals surface area (Å²) in [5.74, 6) is 0.672. The van der Waals surface area contributed by atoms with Crippen LogP contribution in [0.25, 0.3) is 0 Å². The number of hydrogen-bond donors (Lipinski definition) is 0. The van der Waals surface area contributed by atoms with Crippen molar-refractivity contribution in [3.8, 4) is 0 Å². The summed E-state index contributed by atoms with van der Waals surface area (Å²) in [6.45, 7) is 5.89. The van der Waals surface area contributed by atoms with Crippen LogP contribution in [0.2, 0.25) is 0 Å². The highest BCUT2D eigenvalue weighted by Crippen LogP contribution is 2.60. The van der Waals surface area contributed by atoms with Crippen LogP contribution in [0.5, 0.6) is 0 Å². The minimum atomic E-state index is -0.179. The quantitative estimate of drug-likeness (QED) is 0.582. The molecular weight excluding hydrogens is 164 g/mol. The molecule has 2 fully saturated rings. The predicted molar refractivity (Wildman–Crippen MR) is 50.2 cm³/mol. The van der Waals surface area contributed by atoms with Crippen molar-refractivity contribution < 1.29 is 9.53 Å². The van der Waals surface area contributed by atoms with Crippen molar-refractivity contribution in [1.29, 1.82) is 0 Å². The SMILES string of the molecule is CC(=O)O[C@@]1(C)C[C@@H]2CC[C@@]1(C)C2. The number of esters is 1. The van der Waals surface area contributed by atoms with Crippen LogP contribution in [0.3, 0.4) is 0 Å². The van der Waals surface area contributed by atoms with Gasteiger partial charge in [0.2, 0.25) is 0 Å². The van der Waals surface area contributed by atoms with Crippen LogP contribution in [0.15, 0.2) is 0 Å². The van der Waals surface area contributed by atoms with E-state index in [2.05, 4.69) is 13.8 Å². The van der Waals surface area contributed by atoms with Gasteiger partial charge in [-0.2, -0.15) is 0 Å². The Morgan fingerprint density at radius 3 is 2.46 bits per heavy atom. The third-order valence-corrected chi connectivity index (χ3v) is 4.17. The summed E-state index contributed by atoms with van der Waals surface area (Å²) in [6.07, 6.45) is 4.87. The van der Waals surface area contributed by atoms with Gasteiger partial charge in [-0.1, -0.05) is 6.92 Å². The molecule has 2 nitrogen and oxygen atoms in total. The van der Waals surface area contributed by atoms with Crippen molar-refractivity contribution >= 4 is 5.97 Å². The summed E-state index contributed by atoms with van der Waals surface area (Å²) in [5, 5.41) is 0. The molecule has 0 aliphatic heterocycles. The van der Waals surface area contributed by atoms with Gasteiger partial charge in [0, 0.05) is 12.3 Å². The molecule has 2 aliphatic rings. The Labute approximate surface area is 79.7 Å². The summed E-state index contributed by atoms with van der Waals surface area (Å²) >= 11 is 0. The average molecular weight is 182 g/mol. The van der Waals surface area contributed by atoms with Gasteiger partial charge >= 0.3 is 5.97 Å². The number of hydrogen-bond acceptors (Lipinski definition) is 2. The Kier molecular flexibility index (Phi) is 1.73. The van der Waals surface area contributed by atoms with E-state index in [1.54, 1.807) is 0 Å². The van der Waals surface area contributed by atoms with Crippen molar-refractivity contribution in [2.75, 3.05) is 0 Å². The maximum absolute atomic E-state index is 11.0. The molecule has 0 aromatic carbocycles. The molecule has 0 amide bonds. The third kappa shape index (κ3) is 1.18. The number of carbonyl (C=O) groups excluding carboxylic acids is 1. The summed E-state index contributed by atoms with van der Waals surface area (Å²) in [6, 6.07) is 0. The molecule has 0 unspecified atom stereocenters.